The van der Waals surface area contributed by atoms with Gasteiger partial charge in [0.05, 0.1) is 0 Å². The summed E-state index contributed by atoms with van der Waals surface area (Å²) in [5.74, 6) is 1.83. The van der Waals surface area contributed by atoms with Gasteiger partial charge in [0.2, 0.25) is 5.91 Å². The minimum Gasteiger partial charge on any atom is -0.369 e. The Morgan fingerprint density at radius 1 is 1.13 bits per heavy atom. The first-order valence-electron chi connectivity index (χ1n) is 5.66. The van der Waals surface area contributed by atoms with E-state index < -0.39 is 0 Å². The Bertz CT molecular complexity index is 278. The van der Waals surface area contributed by atoms with Crippen LogP contribution in [0.25, 0.3) is 0 Å². The zero-order chi connectivity index (χ0) is 9.92. The molecular weight excluding hydrogens is 212 g/mol. The Balaban J connectivity index is 0.000000853. The lowest BCUT2D eigenvalue weighted by Crippen LogP contribution is -2.60. The predicted molar refractivity (Wildman–Crippen MR) is 60.4 cm³/mol. The number of halogens is 1. The number of hydrogen-bond donors (Lipinski definition) is 2. The summed E-state index contributed by atoms with van der Waals surface area (Å²) in [5.41, 5.74) is 11.6. The average Bonchev–Trinajstić information content (AvgIpc) is 2.12. The largest absolute Gasteiger partial charge is 0.369 e. The van der Waals surface area contributed by atoms with Crippen LogP contribution in [0.4, 0.5) is 0 Å². The fourth-order valence-corrected chi connectivity index (χ4v) is 4.37. The summed E-state index contributed by atoms with van der Waals surface area (Å²) >= 11 is 0. The molecule has 86 valence electrons. The molecule has 0 heterocycles. The summed E-state index contributed by atoms with van der Waals surface area (Å²) < 4.78 is 0. The second kappa shape index (κ2) is 3.36. The van der Waals surface area contributed by atoms with E-state index in [4.69, 9.17) is 11.5 Å². The van der Waals surface area contributed by atoms with Crippen molar-refractivity contribution in [2.75, 3.05) is 0 Å². The zero-order valence-corrected chi connectivity index (χ0v) is 9.63. The van der Waals surface area contributed by atoms with Gasteiger partial charge in [-0.3, -0.25) is 4.79 Å². The molecule has 4 aliphatic rings. The van der Waals surface area contributed by atoms with E-state index in [0.717, 1.165) is 25.2 Å². The monoisotopic (exact) mass is 230 g/mol. The maximum absolute atomic E-state index is 11.5. The second-order valence-corrected chi connectivity index (χ2v) is 5.69. The van der Waals surface area contributed by atoms with Gasteiger partial charge in [-0.1, -0.05) is 0 Å². The fraction of sp³-hybridized carbons (Fsp3) is 0.909. The molecule has 0 aromatic heterocycles. The molecular formula is C11H19ClN2O. The highest BCUT2D eigenvalue weighted by Gasteiger charge is 2.56. The van der Waals surface area contributed by atoms with Crippen molar-refractivity contribution in [3.8, 4) is 0 Å². The van der Waals surface area contributed by atoms with Crippen molar-refractivity contribution in [1.29, 1.82) is 0 Å². The number of nitrogens with two attached hydrogens (primary N) is 2. The topological polar surface area (TPSA) is 69.1 Å². The van der Waals surface area contributed by atoms with E-state index in [-0.39, 0.29) is 23.7 Å². The average molecular weight is 231 g/mol. The van der Waals surface area contributed by atoms with E-state index in [1.54, 1.807) is 0 Å². The summed E-state index contributed by atoms with van der Waals surface area (Å²) in [6, 6.07) is 0.346. The van der Waals surface area contributed by atoms with E-state index in [0.29, 0.717) is 17.9 Å². The van der Waals surface area contributed by atoms with Crippen LogP contribution in [0.2, 0.25) is 0 Å². The molecule has 4 rings (SSSR count). The number of primary amides is 1. The minimum absolute atomic E-state index is 0. The highest BCUT2D eigenvalue weighted by atomic mass is 35.5. The van der Waals surface area contributed by atoms with Crippen LogP contribution in [-0.4, -0.2) is 11.9 Å². The van der Waals surface area contributed by atoms with Crippen molar-refractivity contribution < 1.29 is 4.79 Å². The number of carbonyl (C=O) groups excluding carboxylic acids is 1. The Morgan fingerprint density at radius 2 is 1.67 bits per heavy atom. The van der Waals surface area contributed by atoms with E-state index in [9.17, 15) is 4.79 Å². The quantitative estimate of drug-likeness (QED) is 0.707. The first-order chi connectivity index (χ1) is 6.61. The van der Waals surface area contributed by atoms with Gasteiger partial charge in [0.1, 0.15) is 0 Å². The van der Waals surface area contributed by atoms with Crippen LogP contribution in [0.5, 0.6) is 0 Å². The third kappa shape index (κ3) is 1.40. The Labute approximate surface area is 96.4 Å². The SMILES string of the molecule is Cl.NC(=O)C12CC3CC(C1)C(N)[C@@H](C3)C2. The molecule has 1 amide bonds. The maximum atomic E-state index is 11.5. The lowest BCUT2D eigenvalue weighted by atomic mass is 9.48. The van der Waals surface area contributed by atoms with Gasteiger partial charge in [-0.2, -0.15) is 0 Å². The van der Waals surface area contributed by atoms with E-state index in [1.165, 1.54) is 12.8 Å². The molecule has 3 nitrogen and oxygen atoms in total. The van der Waals surface area contributed by atoms with Gasteiger partial charge in [0, 0.05) is 11.5 Å². The molecule has 4 N–H and O–H groups in total. The van der Waals surface area contributed by atoms with E-state index in [2.05, 4.69) is 0 Å². The fourth-order valence-electron chi connectivity index (χ4n) is 4.37. The van der Waals surface area contributed by atoms with Crippen molar-refractivity contribution >= 4 is 18.3 Å². The third-order valence-corrected chi connectivity index (χ3v) is 4.87. The molecule has 0 aliphatic heterocycles. The van der Waals surface area contributed by atoms with E-state index >= 15 is 0 Å². The molecule has 4 bridgehead atoms. The van der Waals surface area contributed by atoms with Gasteiger partial charge >= 0.3 is 0 Å². The van der Waals surface area contributed by atoms with Crippen molar-refractivity contribution in [2.45, 2.75) is 38.1 Å². The third-order valence-electron chi connectivity index (χ3n) is 4.87. The van der Waals surface area contributed by atoms with Crippen LogP contribution in [0.3, 0.4) is 0 Å². The number of hydrogen-bond acceptors (Lipinski definition) is 2. The molecule has 5 atom stereocenters. The molecule has 0 radical (unpaired) electrons. The molecule has 4 unspecified atom stereocenters. The molecule has 4 fully saturated rings. The van der Waals surface area contributed by atoms with Crippen LogP contribution in [0.15, 0.2) is 0 Å². The van der Waals surface area contributed by atoms with Crippen LogP contribution in [0, 0.1) is 23.2 Å². The van der Waals surface area contributed by atoms with Crippen molar-refractivity contribution in [3.05, 3.63) is 0 Å². The van der Waals surface area contributed by atoms with Gasteiger partial charge < -0.3 is 11.5 Å². The summed E-state index contributed by atoms with van der Waals surface area (Å²) in [7, 11) is 0. The Kier molecular flexibility index (Phi) is 2.51. The molecule has 4 heteroatoms. The van der Waals surface area contributed by atoms with Gasteiger partial charge in [0.15, 0.2) is 0 Å². The molecule has 15 heavy (non-hydrogen) atoms. The molecule has 0 aromatic carbocycles. The van der Waals surface area contributed by atoms with Crippen LogP contribution in [0.1, 0.15) is 32.1 Å². The standard InChI is InChI=1S/C11H18N2O.ClH/c12-9-7-1-6-2-8(9)5-11(3-6,4-7)10(13)14;/h6-9H,1-5,12H2,(H2,13,14);1H/t6?,7-,8?,9?,11?;/m0./s1. The minimum atomic E-state index is -0.160. The molecule has 4 saturated carbocycles. The lowest BCUT2D eigenvalue weighted by molar-refractivity contribution is -0.144. The van der Waals surface area contributed by atoms with Gasteiger partial charge in [-0.15, -0.1) is 12.4 Å². The second-order valence-electron chi connectivity index (χ2n) is 5.69. The maximum Gasteiger partial charge on any atom is 0.223 e. The van der Waals surface area contributed by atoms with Gasteiger partial charge in [-0.25, -0.2) is 0 Å². The molecule has 0 aromatic rings. The summed E-state index contributed by atoms with van der Waals surface area (Å²) in [6.45, 7) is 0. The van der Waals surface area contributed by atoms with E-state index in [1.807, 2.05) is 0 Å². The first-order valence-corrected chi connectivity index (χ1v) is 5.66. The first kappa shape index (κ1) is 11.2. The van der Waals surface area contributed by atoms with Crippen molar-refractivity contribution in [1.82, 2.24) is 0 Å². The lowest BCUT2D eigenvalue weighted by Gasteiger charge is -2.58. The zero-order valence-electron chi connectivity index (χ0n) is 8.82. The summed E-state index contributed by atoms with van der Waals surface area (Å²) in [5, 5.41) is 0. The predicted octanol–water partition coefficient (Wildman–Crippen LogP) is 1.05. The van der Waals surface area contributed by atoms with Crippen molar-refractivity contribution in [3.63, 3.8) is 0 Å². The van der Waals surface area contributed by atoms with Gasteiger partial charge in [0.25, 0.3) is 0 Å². The highest BCUT2D eigenvalue weighted by molar-refractivity contribution is 5.85. The highest BCUT2D eigenvalue weighted by Crippen LogP contribution is 2.59. The van der Waals surface area contributed by atoms with Crippen LogP contribution < -0.4 is 11.5 Å². The van der Waals surface area contributed by atoms with Crippen LogP contribution in [-0.2, 0) is 4.79 Å². The Morgan fingerprint density at radius 3 is 2.13 bits per heavy atom. The number of amides is 1. The normalized spacial score (nSPS) is 51.3. The molecule has 0 spiro atoms. The molecule has 0 saturated heterocycles. The van der Waals surface area contributed by atoms with Crippen LogP contribution >= 0.6 is 12.4 Å². The Hall–Kier alpha value is -0.280. The van der Waals surface area contributed by atoms with Crippen molar-refractivity contribution in [2.24, 2.45) is 34.6 Å². The number of rotatable bonds is 1. The number of carbonyl (C=O) groups is 1. The summed E-state index contributed by atoms with van der Waals surface area (Å²) in [4.78, 5) is 11.5. The van der Waals surface area contributed by atoms with Gasteiger partial charge in [-0.05, 0) is 49.9 Å². The summed E-state index contributed by atoms with van der Waals surface area (Å²) in [6.07, 6.45) is 5.47. The smallest absolute Gasteiger partial charge is 0.223 e. The molecule has 4 aliphatic carbocycles.